The van der Waals surface area contributed by atoms with E-state index in [4.69, 9.17) is 5.73 Å². The molecule has 4 rings (SSSR count). The van der Waals surface area contributed by atoms with Crippen molar-refractivity contribution in [1.29, 1.82) is 0 Å². The van der Waals surface area contributed by atoms with Crippen LogP contribution in [0.5, 0.6) is 11.5 Å². The van der Waals surface area contributed by atoms with Gasteiger partial charge in [-0.2, -0.15) is 0 Å². The zero-order valence-corrected chi connectivity index (χ0v) is 22.7. The third-order valence-corrected chi connectivity index (χ3v) is 7.90. The quantitative estimate of drug-likeness (QED) is 0.313. The Morgan fingerprint density at radius 2 is 1.45 bits per heavy atom. The Morgan fingerprint density at radius 3 is 1.93 bits per heavy atom. The van der Waals surface area contributed by atoms with Crippen LogP contribution in [0.1, 0.15) is 57.5 Å². The minimum Gasteiger partial charge on any atom is -0.508 e. The van der Waals surface area contributed by atoms with Crippen LogP contribution in [0.15, 0.2) is 66.7 Å². The normalized spacial score (nSPS) is 18.8. The first-order valence-corrected chi connectivity index (χ1v) is 13.5. The molecule has 1 saturated heterocycles. The molecule has 0 spiro atoms. The maximum Gasteiger partial charge on any atom is 0.221 e. The first-order valence-electron chi connectivity index (χ1n) is 13.5. The summed E-state index contributed by atoms with van der Waals surface area (Å²) in [7, 11) is 0. The molecule has 7 nitrogen and oxygen atoms in total. The number of hydrogen-bond acceptors (Lipinski definition) is 6. The second-order valence-corrected chi connectivity index (χ2v) is 10.6. The lowest BCUT2D eigenvalue weighted by atomic mass is 9.67. The highest BCUT2D eigenvalue weighted by molar-refractivity contribution is 6.02. The Balaban J connectivity index is 1.86. The lowest BCUT2D eigenvalue weighted by Gasteiger charge is -2.44. The van der Waals surface area contributed by atoms with Crippen molar-refractivity contribution < 1.29 is 29.0 Å². The summed E-state index contributed by atoms with van der Waals surface area (Å²) >= 11 is 0. The van der Waals surface area contributed by atoms with Crippen molar-refractivity contribution in [3.8, 4) is 11.5 Å². The fourth-order valence-corrected chi connectivity index (χ4v) is 5.93. The van der Waals surface area contributed by atoms with Crippen molar-refractivity contribution >= 4 is 17.5 Å². The summed E-state index contributed by atoms with van der Waals surface area (Å²) in [4.78, 5) is 42.4. The highest BCUT2D eigenvalue weighted by atomic mass is 19.1. The molecule has 40 heavy (non-hydrogen) atoms. The van der Waals surface area contributed by atoms with Crippen LogP contribution < -0.4 is 5.73 Å². The van der Waals surface area contributed by atoms with Crippen molar-refractivity contribution in [2.75, 3.05) is 19.6 Å². The van der Waals surface area contributed by atoms with E-state index in [9.17, 15) is 29.0 Å². The predicted octanol–water partition coefficient (Wildman–Crippen LogP) is 4.84. The van der Waals surface area contributed by atoms with E-state index >= 15 is 0 Å². The van der Waals surface area contributed by atoms with Gasteiger partial charge in [-0.15, -0.1) is 0 Å². The third-order valence-electron chi connectivity index (χ3n) is 7.90. The first kappa shape index (κ1) is 29.0. The summed E-state index contributed by atoms with van der Waals surface area (Å²) in [6.45, 7) is 4.29. The Hall–Kier alpha value is -4.04. The molecule has 1 heterocycles. The number of benzene rings is 3. The maximum absolute atomic E-state index is 14.9. The number of carbonyl (C=O) groups is 3. The third kappa shape index (κ3) is 6.23. The molecule has 0 aromatic heterocycles. The molecule has 1 unspecified atom stereocenters. The zero-order chi connectivity index (χ0) is 29.0. The number of amides is 1. The van der Waals surface area contributed by atoms with E-state index in [0.717, 1.165) is 6.42 Å². The average molecular weight is 547 g/mol. The number of nitrogens with two attached hydrogens (primary N) is 1. The number of primary amides is 1. The average Bonchev–Trinajstić information content (AvgIpc) is 2.93. The fourth-order valence-electron chi connectivity index (χ4n) is 5.93. The van der Waals surface area contributed by atoms with Gasteiger partial charge < -0.3 is 20.8 Å². The molecule has 0 saturated carbocycles. The molecule has 3 aromatic carbocycles. The molecule has 3 aromatic rings. The van der Waals surface area contributed by atoms with Gasteiger partial charge in [-0.05, 0) is 54.8 Å². The van der Waals surface area contributed by atoms with Gasteiger partial charge in [0.15, 0.2) is 11.6 Å². The molecule has 0 radical (unpaired) electrons. The molecule has 4 N–H and O–H groups in total. The number of ketones is 2. The Labute approximate surface area is 233 Å². The van der Waals surface area contributed by atoms with Crippen LogP contribution in [-0.4, -0.2) is 52.2 Å². The highest BCUT2D eigenvalue weighted by Crippen LogP contribution is 2.43. The summed E-state index contributed by atoms with van der Waals surface area (Å²) in [6.07, 6.45) is 1.30. The monoisotopic (exact) mass is 546 g/mol. The molecule has 1 amide bonds. The number of rotatable bonds is 10. The van der Waals surface area contributed by atoms with E-state index in [2.05, 4.69) is 0 Å². The number of piperidine rings is 1. The molecule has 0 bridgehead atoms. The van der Waals surface area contributed by atoms with Crippen molar-refractivity contribution in [3.63, 3.8) is 0 Å². The van der Waals surface area contributed by atoms with Crippen LogP contribution in [-0.2, 0) is 4.79 Å². The zero-order valence-electron chi connectivity index (χ0n) is 22.7. The summed E-state index contributed by atoms with van der Waals surface area (Å²) in [5, 5.41) is 20.2. The molecule has 0 aliphatic carbocycles. The molecular weight excluding hydrogens is 511 g/mol. The van der Waals surface area contributed by atoms with Gasteiger partial charge in [0.25, 0.3) is 0 Å². The maximum atomic E-state index is 14.9. The Bertz CT molecular complexity index is 1340. The molecular formula is C32H35FN2O5. The van der Waals surface area contributed by atoms with Crippen molar-refractivity contribution in [1.82, 2.24) is 4.90 Å². The highest BCUT2D eigenvalue weighted by Gasteiger charge is 2.46. The Morgan fingerprint density at radius 1 is 0.925 bits per heavy atom. The number of Topliss-reactive ketones (excluding diaryl/α,β-unsaturated/α-hetero) is 2. The SMILES string of the molecule is CCCC(CN1C[C@H](C(=O)c2cccc(O)c2)C(c2cccc(F)c2C)[C@@H](C(=O)c2cccc(O)c2)C1)C(N)=O. The first-order chi connectivity index (χ1) is 19.1. The fraction of sp³-hybridized carbons (Fsp3) is 0.344. The summed E-state index contributed by atoms with van der Waals surface area (Å²) in [5.41, 5.74) is 7.15. The standard InChI is InChI=1S/C32H35FN2O5/c1-3-7-22(32(34)40)16-35-17-26(30(38)20-8-4-10-23(36)14-20)29(25-12-6-13-28(33)19(25)2)27(18-35)31(39)21-9-5-11-24(37)15-21/h4-6,8-15,22,26-27,29,36-37H,3,7,16-18H2,1-2H3,(H2,34,40)/t22?,26-,27-/m0/s1. The van der Waals surface area contributed by atoms with E-state index < -0.39 is 35.4 Å². The lowest BCUT2D eigenvalue weighted by molar-refractivity contribution is -0.122. The van der Waals surface area contributed by atoms with Gasteiger partial charge in [-0.25, -0.2) is 4.39 Å². The summed E-state index contributed by atoms with van der Waals surface area (Å²) in [5.74, 6) is -4.37. The van der Waals surface area contributed by atoms with Crippen LogP contribution in [0.2, 0.25) is 0 Å². The van der Waals surface area contributed by atoms with Crippen LogP contribution in [0, 0.1) is 30.5 Å². The lowest BCUT2D eigenvalue weighted by Crippen LogP contribution is -2.52. The smallest absolute Gasteiger partial charge is 0.221 e. The number of carbonyl (C=O) groups excluding carboxylic acids is 3. The summed E-state index contributed by atoms with van der Waals surface area (Å²) < 4.78 is 14.9. The Kier molecular flexibility index (Phi) is 9.00. The minimum absolute atomic E-state index is 0.0684. The van der Waals surface area contributed by atoms with Gasteiger partial charge in [-0.1, -0.05) is 49.7 Å². The number of aromatic hydroxyl groups is 2. The van der Waals surface area contributed by atoms with Crippen molar-refractivity contribution in [2.24, 2.45) is 23.5 Å². The van der Waals surface area contributed by atoms with Crippen LogP contribution in [0.4, 0.5) is 4.39 Å². The van der Waals surface area contributed by atoms with Crippen LogP contribution >= 0.6 is 0 Å². The van der Waals surface area contributed by atoms with E-state index in [1.165, 1.54) is 30.3 Å². The van der Waals surface area contributed by atoms with Gasteiger partial charge >= 0.3 is 0 Å². The number of phenolic OH excluding ortho intramolecular Hbond substituents is 2. The molecule has 1 fully saturated rings. The van der Waals surface area contributed by atoms with Crippen molar-refractivity contribution in [2.45, 2.75) is 32.6 Å². The van der Waals surface area contributed by atoms with Crippen LogP contribution in [0.3, 0.4) is 0 Å². The second kappa shape index (κ2) is 12.4. The van der Waals surface area contributed by atoms with Gasteiger partial charge in [0.2, 0.25) is 5.91 Å². The number of nitrogens with zero attached hydrogens (tertiary/aromatic N) is 1. The van der Waals surface area contributed by atoms with Gasteiger partial charge in [0, 0.05) is 48.5 Å². The van der Waals surface area contributed by atoms with Gasteiger partial charge in [0.1, 0.15) is 17.3 Å². The number of likely N-dealkylation sites (tertiary alicyclic amines) is 1. The van der Waals surface area contributed by atoms with E-state index in [1.54, 1.807) is 43.3 Å². The molecule has 1 aliphatic rings. The number of hydrogen-bond donors (Lipinski definition) is 3. The number of phenols is 2. The largest absolute Gasteiger partial charge is 0.508 e. The predicted molar refractivity (Wildman–Crippen MR) is 150 cm³/mol. The van der Waals surface area contributed by atoms with E-state index in [-0.39, 0.29) is 53.8 Å². The molecule has 3 atom stereocenters. The second-order valence-electron chi connectivity index (χ2n) is 10.6. The molecule has 1 aliphatic heterocycles. The number of halogens is 1. The molecule has 210 valence electrons. The van der Waals surface area contributed by atoms with Crippen LogP contribution in [0.25, 0.3) is 0 Å². The summed E-state index contributed by atoms with van der Waals surface area (Å²) in [6, 6.07) is 16.7. The van der Waals surface area contributed by atoms with Gasteiger partial charge in [-0.3, -0.25) is 14.4 Å². The van der Waals surface area contributed by atoms with E-state index in [0.29, 0.717) is 17.5 Å². The van der Waals surface area contributed by atoms with E-state index in [1.807, 2.05) is 11.8 Å². The minimum atomic E-state index is -0.794. The topological polar surface area (TPSA) is 121 Å². The van der Waals surface area contributed by atoms with Gasteiger partial charge in [0.05, 0.1) is 5.92 Å². The van der Waals surface area contributed by atoms with Crippen molar-refractivity contribution in [3.05, 3.63) is 94.8 Å². The molecule has 8 heteroatoms.